The molecule has 1 unspecified atom stereocenters. The first-order chi connectivity index (χ1) is 9.49. The van der Waals surface area contributed by atoms with Gasteiger partial charge in [-0.1, -0.05) is 0 Å². The molecule has 0 bridgehead atoms. The second kappa shape index (κ2) is 5.77. The minimum absolute atomic E-state index is 0.296. The van der Waals surface area contributed by atoms with Crippen molar-refractivity contribution in [2.24, 2.45) is 5.73 Å². The van der Waals surface area contributed by atoms with Gasteiger partial charge >= 0.3 is 5.97 Å². The predicted molar refractivity (Wildman–Crippen MR) is 70.0 cm³/mol. The molecule has 20 heavy (non-hydrogen) atoms. The van der Waals surface area contributed by atoms with Crippen molar-refractivity contribution in [3.8, 4) is 0 Å². The van der Waals surface area contributed by atoms with E-state index in [0.29, 0.717) is 11.7 Å². The van der Waals surface area contributed by atoms with E-state index in [4.69, 9.17) is 10.8 Å². The highest BCUT2D eigenvalue weighted by molar-refractivity contribution is 5.96. The van der Waals surface area contributed by atoms with E-state index in [0.717, 1.165) is 19.3 Å². The van der Waals surface area contributed by atoms with Gasteiger partial charge in [0.05, 0.1) is 6.42 Å². The lowest BCUT2D eigenvalue weighted by Crippen LogP contribution is -2.44. The zero-order valence-corrected chi connectivity index (χ0v) is 10.9. The van der Waals surface area contributed by atoms with Crippen LogP contribution < -0.4 is 11.1 Å². The molecule has 1 fully saturated rings. The number of hydrogen-bond donors (Lipinski definition) is 3. The molecule has 2 amide bonds. The zero-order valence-electron chi connectivity index (χ0n) is 10.9. The van der Waals surface area contributed by atoms with Gasteiger partial charge in [-0.3, -0.25) is 9.59 Å². The molecule has 0 spiro atoms. The summed E-state index contributed by atoms with van der Waals surface area (Å²) in [5, 5.41) is 11.3. The average Bonchev–Trinajstić information content (AvgIpc) is 2.73. The number of rotatable bonds is 6. The Kier molecular flexibility index (Phi) is 4.07. The highest BCUT2D eigenvalue weighted by Crippen LogP contribution is 2.32. The van der Waals surface area contributed by atoms with E-state index < -0.39 is 30.2 Å². The molecule has 0 aliphatic heterocycles. The largest absolute Gasteiger partial charge is 0.480 e. The molecule has 0 aromatic carbocycles. The maximum absolute atomic E-state index is 12.1. The molecule has 0 radical (unpaired) electrons. The Labute approximate surface area is 115 Å². The van der Waals surface area contributed by atoms with Crippen LogP contribution in [0.1, 0.15) is 42.2 Å². The van der Waals surface area contributed by atoms with E-state index in [1.54, 1.807) is 12.1 Å². The van der Waals surface area contributed by atoms with Gasteiger partial charge in [0.2, 0.25) is 5.91 Å². The molecule has 7 nitrogen and oxygen atoms in total. The van der Waals surface area contributed by atoms with Crippen LogP contribution >= 0.6 is 0 Å². The molecule has 1 aliphatic rings. The first-order valence-electron chi connectivity index (χ1n) is 6.48. The number of nitrogens with zero attached hydrogens (tertiary/aromatic N) is 1. The Hall–Kier alpha value is -2.31. The van der Waals surface area contributed by atoms with E-state index in [1.807, 2.05) is 10.8 Å². The van der Waals surface area contributed by atoms with Crippen LogP contribution in [0, 0.1) is 0 Å². The number of nitrogens with two attached hydrogens (primary N) is 1. The van der Waals surface area contributed by atoms with Gasteiger partial charge in [-0.2, -0.15) is 0 Å². The summed E-state index contributed by atoms with van der Waals surface area (Å²) in [6.45, 7) is 0. The van der Waals surface area contributed by atoms with E-state index in [9.17, 15) is 14.4 Å². The number of carbonyl (C=O) groups excluding carboxylic acids is 2. The monoisotopic (exact) mass is 279 g/mol. The molecule has 2 rings (SSSR count). The Morgan fingerprint density at radius 1 is 1.45 bits per heavy atom. The number of carboxylic acid groups (broad SMARTS) is 1. The van der Waals surface area contributed by atoms with Gasteiger partial charge in [0, 0.05) is 12.2 Å². The fourth-order valence-electron chi connectivity index (χ4n) is 2.20. The van der Waals surface area contributed by atoms with Gasteiger partial charge in [0.15, 0.2) is 0 Å². The number of aliphatic carboxylic acids is 1. The molecule has 1 aromatic rings. The third kappa shape index (κ3) is 2.98. The van der Waals surface area contributed by atoms with Crippen molar-refractivity contribution in [2.75, 3.05) is 0 Å². The fourth-order valence-corrected chi connectivity index (χ4v) is 2.20. The molecule has 4 N–H and O–H groups in total. The van der Waals surface area contributed by atoms with E-state index in [-0.39, 0.29) is 0 Å². The van der Waals surface area contributed by atoms with E-state index in [1.165, 1.54) is 0 Å². The summed E-state index contributed by atoms with van der Waals surface area (Å²) in [6, 6.07) is 2.38. The molecular weight excluding hydrogens is 262 g/mol. The lowest BCUT2D eigenvalue weighted by atomic mass is 9.93. The molecule has 1 atom stereocenters. The Bertz CT molecular complexity index is 533. The minimum atomic E-state index is -1.30. The van der Waals surface area contributed by atoms with Crippen molar-refractivity contribution < 1.29 is 19.5 Å². The van der Waals surface area contributed by atoms with E-state index in [2.05, 4.69) is 5.32 Å². The van der Waals surface area contributed by atoms with E-state index >= 15 is 0 Å². The first-order valence-corrected chi connectivity index (χ1v) is 6.48. The second-order valence-electron chi connectivity index (χ2n) is 4.92. The molecule has 0 saturated heterocycles. The van der Waals surface area contributed by atoms with Crippen molar-refractivity contribution in [3.05, 3.63) is 24.0 Å². The van der Waals surface area contributed by atoms with Crippen LogP contribution in [0.2, 0.25) is 0 Å². The number of nitrogens with one attached hydrogen (secondary N) is 1. The number of amides is 2. The molecule has 1 aliphatic carbocycles. The SMILES string of the molecule is NC(=O)CC(NC(=O)c1cccn1C1CCC1)C(=O)O. The van der Waals surface area contributed by atoms with Gasteiger partial charge < -0.3 is 20.7 Å². The number of aromatic nitrogens is 1. The highest BCUT2D eigenvalue weighted by Gasteiger charge is 2.27. The van der Waals surface area contributed by atoms with Crippen LogP contribution in [0.15, 0.2) is 18.3 Å². The van der Waals surface area contributed by atoms with Gasteiger partial charge in [-0.25, -0.2) is 4.79 Å². The molecular formula is C13H17N3O4. The van der Waals surface area contributed by atoms with Crippen LogP contribution in [0.4, 0.5) is 0 Å². The molecule has 1 saturated carbocycles. The summed E-state index contributed by atoms with van der Waals surface area (Å²) in [5.74, 6) is -2.55. The maximum atomic E-state index is 12.1. The van der Waals surface area contributed by atoms with Crippen molar-refractivity contribution in [2.45, 2.75) is 37.8 Å². The Balaban J connectivity index is 2.08. The number of carboxylic acids is 1. The third-order valence-corrected chi connectivity index (χ3v) is 3.49. The maximum Gasteiger partial charge on any atom is 0.326 e. The van der Waals surface area contributed by atoms with Crippen LogP contribution in [-0.2, 0) is 9.59 Å². The smallest absolute Gasteiger partial charge is 0.326 e. The summed E-state index contributed by atoms with van der Waals surface area (Å²) in [5.41, 5.74) is 5.38. The number of primary amides is 1. The lowest BCUT2D eigenvalue weighted by molar-refractivity contribution is -0.140. The molecule has 1 heterocycles. The lowest BCUT2D eigenvalue weighted by Gasteiger charge is -2.29. The van der Waals surface area contributed by atoms with Crippen LogP contribution in [0.25, 0.3) is 0 Å². The van der Waals surface area contributed by atoms with Crippen molar-refractivity contribution in [1.29, 1.82) is 0 Å². The van der Waals surface area contributed by atoms with Crippen molar-refractivity contribution >= 4 is 17.8 Å². The summed E-state index contributed by atoms with van der Waals surface area (Å²) >= 11 is 0. The Morgan fingerprint density at radius 3 is 2.65 bits per heavy atom. The summed E-state index contributed by atoms with van der Waals surface area (Å²) in [7, 11) is 0. The van der Waals surface area contributed by atoms with Crippen molar-refractivity contribution in [1.82, 2.24) is 9.88 Å². The fraction of sp³-hybridized carbons (Fsp3) is 0.462. The van der Waals surface area contributed by atoms with Gasteiger partial charge in [-0.05, 0) is 31.4 Å². The highest BCUT2D eigenvalue weighted by atomic mass is 16.4. The summed E-state index contributed by atoms with van der Waals surface area (Å²) in [4.78, 5) is 33.9. The third-order valence-electron chi connectivity index (χ3n) is 3.49. The molecule has 108 valence electrons. The van der Waals surface area contributed by atoms with Gasteiger partial charge in [0.25, 0.3) is 5.91 Å². The van der Waals surface area contributed by atoms with Crippen LogP contribution in [-0.4, -0.2) is 33.5 Å². The van der Waals surface area contributed by atoms with Crippen LogP contribution in [0.3, 0.4) is 0 Å². The predicted octanol–water partition coefficient (Wildman–Crippen LogP) is 0.271. The normalized spacial score (nSPS) is 16.2. The van der Waals surface area contributed by atoms with Gasteiger partial charge in [-0.15, -0.1) is 0 Å². The molecule has 1 aromatic heterocycles. The summed E-state index contributed by atoms with van der Waals surface area (Å²) in [6.07, 6.45) is 4.54. The summed E-state index contributed by atoms with van der Waals surface area (Å²) < 4.78 is 1.85. The topological polar surface area (TPSA) is 114 Å². The standard InChI is InChI=1S/C13H17N3O4/c14-11(17)7-9(13(19)20)15-12(18)10-5-2-6-16(10)8-3-1-4-8/h2,5-6,8-9H,1,3-4,7H2,(H2,14,17)(H,15,18)(H,19,20). The number of carbonyl (C=O) groups is 3. The first kappa shape index (κ1) is 14.1. The van der Waals surface area contributed by atoms with Crippen molar-refractivity contribution in [3.63, 3.8) is 0 Å². The van der Waals surface area contributed by atoms with Crippen LogP contribution in [0.5, 0.6) is 0 Å². The average molecular weight is 279 g/mol. The minimum Gasteiger partial charge on any atom is -0.480 e. The number of hydrogen-bond acceptors (Lipinski definition) is 3. The van der Waals surface area contributed by atoms with Gasteiger partial charge in [0.1, 0.15) is 11.7 Å². The molecule has 7 heteroatoms. The Morgan fingerprint density at radius 2 is 2.15 bits per heavy atom. The second-order valence-corrected chi connectivity index (χ2v) is 4.92. The quantitative estimate of drug-likeness (QED) is 0.693. The zero-order chi connectivity index (χ0) is 14.7.